The Labute approximate surface area is 109 Å². The van der Waals surface area contributed by atoms with Gasteiger partial charge >= 0.3 is 5.69 Å². The topological polar surface area (TPSA) is 26.9 Å². The lowest BCUT2D eigenvalue weighted by atomic mass is 10.2. The van der Waals surface area contributed by atoms with Crippen molar-refractivity contribution in [2.24, 2.45) is 0 Å². The minimum Gasteiger partial charge on any atom is -0.299 e. The normalized spacial score (nSPS) is 10.8. The van der Waals surface area contributed by atoms with E-state index in [0.717, 1.165) is 12.0 Å². The zero-order valence-corrected chi connectivity index (χ0v) is 10.8. The summed E-state index contributed by atoms with van der Waals surface area (Å²) in [6.07, 6.45) is 4.40. The Kier molecular flexibility index (Phi) is 3.87. The van der Waals surface area contributed by atoms with E-state index in [2.05, 4.69) is 0 Å². The zero-order valence-electron chi connectivity index (χ0n) is 10.1. The first-order valence-electron chi connectivity index (χ1n) is 5.81. The van der Waals surface area contributed by atoms with E-state index in [-0.39, 0.29) is 10.7 Å². The summed E-state index contributed by atoms with van der Waals surface area (Å²) in [4.78, 5) is 11.9. The van der Waals surface area contributed by atoms with Gasteiger partial charge in [-0.25, -0.2) is 9.18 Å². The minimum atomic E-state index is -0.448. The monoisotopic (exact) mass is 268 g/mol. The van der Waals surface area contributed by atoms with E-state index in [0.29, 0.717) is 13.1 Å². The third kappa shape index (κ3) is 2.64. The standard InChI is InChI=1S/C13H14ClFN2O/c1-2-5-16-6-7-17(13(16)18)9-10-3-4-12(15)11(14)8-10/h3-4,6-8H,2,5,9H2,1H3. The molecule has 2 aromatic rings. The molecule has 0 aliphatic heterocycles. The molecule has 0 unspecified atom stereocenters. The van der Waals surface area contributed by atoms with E-state index < -0.39 is 5.82 Å². The molecular formula is C13H14ClFN2O. The number of rotatable bonds is 4. The van der Waals surface area contributed by atoms with E-state index in [1.165, 1.54) is 6.07 Å². The summed E-state index contributed by atoms with van der Waals surface area (Å²) < 4.78 is 16.3. The lowest BCUT2D eigenvalue weighted by Crippen LogP contribution is -2.24. The average Bonchev–Trinajstić information content (AvgIpc) is 2.67. The van der Waals surface area contributed by atoms with Crippen LogP contribution in [0.15, 0.2) is 35.4 Å². The molecule has 0 aliphatic carbocycles. The molecule has 0 spiro atoms. The van der Waals surface area contributed by atoms with Gasteiger partial charge in [-0.2, -0.15) is 0 Å². The van der Waals surface area contributed by atoms with Crippen molar-refractivity contribution in [1.29, 1.82) is 0 Å². The molecule has 3 nitrogen and oxygen atoms in total. The molecule has 0 atom stereocenters. The first-order chi connectivity index (χ1) is 8.61. The molecule has 1 heterocycles. The third-order valence-corrected chi connectivity index (χ3v) is 3.01. The van der Waals surface area contributed by atoms with Gasteiger partial charge in [-0.3, -0.25) is 9.13 Å². The summed E-state index contributed by atoms with van der Waals surface area (Å²) in [5, 5.41) is 0.0774. The lowest BCUT2D eigenvalue weighted by Gasteiger charge is -2.03. The summed E-state index contributed by atoms with van der Waals surface area (Å²) in [6.45, 7) is 3.12. The summed E-state index contributed by atoms with van der Waals surface area (Å²) in [5.74, 6) is -0.448. The SMILES string of the molecule is CCCn1ccn(Cc2ccc(F)c(Cl)c2)c1=O. The van der Waals surface area contributed by atoms with Crippen LogP contribution in [0.25, 0.3) is 0 Å². The third-order valence-electron chi connectivity index (χ3n) is 2.72. The number of aryl methyl sites for hydroxylation is 1. The maximum Gasteiger partial charge on any atom is 0.328 e. The number of nitrogens with zero attached hydrogens (tertiary/aromatic N) is 2. The van der Waals surface area contributed by atoms with E-state index in [9.17, 15) is 9.18 Å². The van der Waals surface area contributed by atoms with Crippen LogP contribution < -0.4 is 5.69 Å². The quantitative estimate of drug-likeness (QED) is 0.838. The molecule has 0 N–H and O–H groups in total. The van der Waals surface area contributed by atoms with Gasteiger partial charge in [0.15, 0.2) is 0 Å². The molecule has 0 amide bonds. The molecule has 0 radical (unpaired) electrons. The highest BCUT2D eigenvalue weighted by Crippen LogP contribution is 2.16. The molecule has 18 heavy (non-hydrogen) atoms. The van der Waals surface area contributed by atoms with E-state index in [1.807, 2.05) is 6.92 Å². The van der Waals surface area contributed by atoms with Gasteiger partial charge in [-0.1, -0.05) is 24.6 Å². The van der Waals surface area contributed by atoms with Crippen LogP contribution in [0.5, 0.6) is 0 Å². The summed E-state index contributed by atoms with van der Waals surface area (Å²) >= 11 is 5.71. The number of imidazole rings is 1. The first-order valence-corrected chi connectivity index (χ1v) is 6.19. The van der Waals surface area contributed by atoms with Crippen LogP contribution in [0.1, 0.15) is 18.9 Å². The fourth-order valence-corrected chi connectivity index (χ4v) is 2.02. The van der Waals surface area contributed by atoms with Crippen molar-refractivity contribution in [2.45, 2.75) is 26.4 Å². The predicted octanol–water partition coefficient (Wildman–Crippen LogP) is 2.90. The lowest BCUT2D eigenvalue weighted by molar-refractivity contribution is 0.618. The van der Waals surface area contributed by atoms with Crippen molar-refractivity contribution in [3.05, 3.63) is 57.5 Å². The van der Waals surface area contributed by atoms with Crippen LogP contribution in [0.2, 0.25) is 5.02 Å². The molecule has 0 bridgehead atoms. The second kappa shape index (κ2) is 5.40. The maximum absolute atomic E-state index is 13.0. The molecule has 2 rings (SSSR count). The highest BCUT2D eigenvalue weighted by molar-refractivity contribution is 6.30. The number of hydrogen-bond donors (Lipinski definition) is 0. The number of halogens is 2. The van der Waals surface area contributed by atoms with Crippen molar-refractivity contribution in [3.8, 4) is 0 Å². The van der Waals surface area contributed by atoms with Crippen molar-refractivity contribution in [2.75, 3.05) is 0 Å². The van der Waals surface area contributed by atoms with Gasteiger partial charge in [0.25, 0.3) is 0 Å². The van der Waals surface area contributed by atoms with Crippen LogP contribution in [-0.4, -0.2) is 9.13 Å². The second-order valence-electron chi connectivity index (χ2n) is 4.15. The van der Waals surface area contributed by atoms with Crippen molar-refractivity contribution >= 4 is 11.6 Å². The molecule has 0 saturated heterocycles. The van der Waals surface area contributed by atoms with E-state index in [4.69, 9.17) is 11.6 Å². The Balaban J connectivity index is 2.23. The molecule has 1 aromatic heterocycles. The van der Waals surface area contributed by atoms with Gasteiger partial charge in [0.05, 0.1) is 11.6 Å². The van der Waals surface area contributed by atoms with Gasteiger partial charge in [-0.15, -0.1) is 0 Å². The number of benzene rings is 1. The molecular weight excluding hydrogens is 255 g/mol. The maximum atomic E-state index is 13.0. The smallest absolute Gasteiger partial charge is 0.299 e. The molecule has 0 fully saturated rings. The van der Waals surface area contributed by atoms with Gasteiger partial charge in [0.1, 0.15) is 5.82 Å². The Hall–Kier alpha value is -1.55. The molecule has 0 saturated carbocycles. The summed E-state index contributed by atoms with van der Waals surface area (Å²) in [6, 6.07) is 4.48. The number of hydrogen-bond acceptors (Lipinski definition) is 1. The fourth-order valence-electron chi connectivity index (χ4n) is 1.82. The van der Waals surface area contributed by atoms with Crippen LogP contribution in [0, 0.1) is 5.82 Å². The largest absolute Gasteiger partial charge is 0.328 e. The van der Waals surface area contributed by atoms with E-state index in [1.54, 1.807) is 33.7 Å². The van der Waals surface area contributed by atoms with Crippen LogP contribution in [0.4, 0.5) is 4.39 Å². The first kappa shape index (κ1) is 12.9. The van der Waals surface area contributed by atoms with E-state index >= 15 is 0 Å². The van der Waals surface area contributed by atoms with Crippen LogP contribution in [-0.2, 0) is 13.1 Å². The predicted molar refractivity (Wildman–Crippen MR) is 69.5 cm³/mol. The molecule has 1 aromatic carbocycles. The van der Waals surface area contributed by atoms with Gasteiger partial charge in [-0.05, 0) is 24.1 Å². The Morgan fingerprint density at radius 2 is 2.00 bits per heavy atom. The second-order valence-corrected chi connectivity index (χ2v) is 4.56. The van der Waals surface area contributed by atoms with Crippen LogP contribution >= 0.6 is 11.6 Å². The average molecular weight is 269 g/mol. The van der Waals surface area contributed by atoms with Crippen molar-refractivity contribution in [1.82, 2.24) is 9.13 Å². The minimum absolute atomic E-state index is 0.0581. The summed E-state index contributed by atoms with van der Waals surface area (Å²) in [7, 11) is 0. The molecule has 5 heteroatoms. The Bertz CT molecular complexity index is 603. The Morgan fingerprint density at radius 1 is 1.28 bits per heavy atom. The summed E-state index contributed by atoms with van der Waals surface area (Å²) in [5.41, 5.74) is 0.745. The highest BCUT2D eigenvalue weighted by atomic mass is 35.5. The Morgan fingerprint density at radius 3 is 2.67 bits per heavy atom. The van der Waals surface area contributed by atoms with Gasteiger partial charge < -0.3 is 0 Å². The van der Waals surface area contributed by atoms with Crippen molar-refractivity contribution in [3.63, 3.8) is 0 Å². The van der Waals surface area contributed by atoms with Crippen LogP contribution in [0.3, 0.4) is 0 Å². The van der Waals surface area contributed by atoms with Crippen molar-refractivity contribution < 1.29 is 4.39 Å². The fraction of sp³-hybridized carbons (Fsp3) is 0.308. The van der Waals surface area contributed by atoms with Gasteiger partial charge in [0.2, 0.25) is 0 Å². The number of aromatic nitrogens is 2. The zero-order chi connectivity index (χ0) is 13.1. The van der Waals surface area contributed by atoms with Gasteiger partial charge in [0, 0.05) is 18.9 Å². The molecule has 96 valence electrons. The highest BCUT2D eigenvalue weighted by Gasteiger charge is 2.05. The molecule has 0 aliphatic rings.